The average molecular weight is 985 g/mol. The van der Waals surface area contributed by atoms with Crippen LogP contribution in [-0.4, -0.2) is 6.85 Å². The topological polar surface area (TPSA) is 32.8 Å². The molecule has 0 bridgehead atoms. The summed E-state index contributed by atoms with van der Waals surface area (Å²) in [6.45, 7) is 16.7. The molecule has 0 saturated carbocycles. The molecule has 0 radical (unpaired) electrons. The van der Waals surface area contributed by atoms with Crippen molar-refractivity contribution in [1.29, 1.82) is 0 Å². The number of hydrogen-bond acceptors (Lipinski definition) is 4. The molecule has 0 N–H and O–H groups in total. The normalized spacial score (nSPS) is 16.1. The van der Waals surface area contributed by atoms with Gasteiger partial charge < -0.3 is 18.5 Å². The summed E-state index contributed by atoms with van der Waals surface area (Å²) in [6, 6.07) is 68.3. The highest BCUT2D eigenvalue weighted by Gasteiger charge is 2.51. The van der Waals surface area contributed by atoms with Crippen LogP contribution < -0.4 is 20.8 Å². The molecule has 11 aromatic rings. The quantitative estimate of drug-likeness (QED) is 0.149. The van der Waals surface area contributed by atoms with Crippen LogP contribution in [0.2, 0.25) is 0 Å². The maximum absolute atomic E-state index is 7.56. The Morgan fingerprint density at radius 3 is 1.80 bits per heavy atom. The van der Waals surface area contributed by atoms with Gasteiger partial charge in [0.15, 0.2) is 5.58 Å². The molecule has 0 spiro atoms. The first kappa shape index (κ1) is 45.4. The lowest BCUT2D eigenvalue weighted by atomic mass is 9.45. The summed E-state index contributed by atoms with van der Waals surface area (Å²) >= 11 is 0. The summed E-state index contributed by atoms with van der Waals surface area (Å²) in [5.41, 5.74) is 27.1. The summed E-state index contributed by atoms with van der Waals surface area (Å²) in [4.78, 5) is 5.12. The number of para-hydroxylation sites is 1. The second-order valence-electron chi connectivity index (χ2n) is 24.1. The molecule has 4 nitrogen and oxygen atoms in total. The molecule has 15 rings (SSSR count). The number of nitrogens with zero attached hydrogens (tertiary/aromatic N) is 2. The van der Waals surface area contributed by atoms with Crippen LogP contribution in [0.15, 0.2) is 191 Å². The van der Waals surface area contributed by atoms with Crippen molar-refractivity contribution in [3.63, 3.8) is 0 Å². The Bertz CT molecular complexity index is 4180. The van der Waals surface area contributed by atoms with Crippen molar-refractivity contribution in [2.24, 2.45) is 0 Å². The fourth-order valence-electron chi connectivity index (χ4n) is 14.0. The minimum Gasteiger partial charge on any atom is -0.466 e. The Kier molecular flexibility index (Phi) is 9.70. The van der Waals surface area contributed by atoms with E-state index in [1.54, 1.807) is 0 Å². The van der Waals surface area contributed by atoms with Crippen molar-refractivity contribution in [1.82, 2.24) is 0 Å². The maximum Gasteiger partial charge on any atom is 0.376 e. The fraction of sp³-hybridized carbons (Fsp3) is 0.211. The molecule has 0 fully saturated rings. The van der Waals surface area contributed by atoms with E-state index < -0.39 is 0 Å². The molecular formula is C71H61BN2O2. The highest BCUT2D eigenvalue weighted by Crippen LogP contribution is 2.59. The molecule has 4 aliphatic rings. The standard InChI is InChI=1S/C71H61BN2O2/c1-8-9-18-43-25-30-48(31-26-43)73-65-56-37-47(45-21-14-11-15-22-45)29-34-63(56)76-68(65)72-64-54(39-55-50-23-16-17-24-62(50)75-67(55)66(64)73)53-38-51-52-40-59-60(70(4,5)36-35-69(59,2)3)41-57(52)71(6,7)58(51)42-61(53)74(72)49-32-27-46(28-33-49)44-19-12-10-13-20-44/h10-17,19-34,37-42H,8-9,18,35-36H2,1-7H3. The Balaban J connectivity index is 1.07. The van der Waals surface area contributed by atoms with Crippen LogP contribution in [0.25, 0.3) is 77.4 Å². The molecule has 2 aliphatic heterocycles. The summed E-state index contributed by atoms with van der Waals surface area (Å²) in [5.74, 6) is 0. The molecule has 2 aliphatic carbocycles. The molecule has 370 valence electrons. The lowest BCUT2D eigenvalue weighted by Crippen LogP contribution is -2.61. The van der Waals surface area contributed by atoms with Gasteiger partial charge in [-0.25, -0.2) is 0 Å². The zero-order valence-corrected chi connectivity index (χ0v) is 44.6. The SMILES string of the molecule is CCCCc1ccc(N2c3c(oc4ccc(-c5ccccc5)cc34)B3c4c(cc5c(oc6ccccc65)c42)-c2cc4c(cc2N3c2ccc(-c3ccccc3)cc2)C(C)(C)c2cc3c(cc2-4)C(C)(C)CCC3(C)C)cc1. The average Bonchev–Trinajstić information content (AvgIpc) is 4.15. The zero-order chi connectivity index (χ0) is 51.4. The number of furan rings is 2. The molecule has 0 atom stereocenters. The van der Waals surface area contributed by atoms with Crippen molar-refractivity contribution < 1.29 is 8.83 Å². The number of unbranched alkanes of at least 4 members (excludes halogenated alkanes) is 1. The second-order valence-corrected chi connectivity index (χ2v) is 24.1. The van der Waals surface area contributed by atoms with Gasteiger partial charge in [-0.3, -0.25) is 0 Å². The van der Waals surface area contributed by atoms with Gasteiger partial charge in [-0.1, -0.05) is 170 Å². The minimum absolute atomic E-state index is 0.0766. The largest absolute Gasteiger partial charge is 0.466 e. The van der Waals surface area contributed by atoms with Gasteiger partial charge in [-0.2, -0.15) is 0 Å². The minimum atomic E-state index is -0.362. The Labute approximate surface area is 446 Å². The highest BCUT2D eigenvalue weighted by molar-refractivity contribution is 6.93. The van der Waals surface area contributed by atoms with Crippen LogP contribution in [0.4, 0.5) is 28.4 Å². The van der Waals surface area contributed by atoms with E-state index in [2.05, 4.69) is 240 Å². The third-order valence-corrected chi connectivity index (χ3v) is 18.3. The molecule has 9 aromatic carbocycles. The third kappa shape index (κ3) is 6.50. The molecule has 5 heteroatoms. The van der Waals surface area contributed by atoms with Gasteiger partial charge in [-0.05, 0) is 175 Å². The van der Waals surface area contributed by atoms with Crippen LogP contribution in [0.3, 0.4) is 0 Å². The smallest absolute Gasteiger partial charge is 0.376 e. The summed E-state index contributed by atoms with van der Waals surface area (Å²) in [6.07, 6.45) is 5.71. The van der Waals surface area contributed by atoms with E-state index in [1.807, 2.05) is 0 Å². The Hall–Kier alpha value is -8.02. The van der Waals surface area contributed by atoms with Gasteiger partial charge in [0.05, 0.1) is 11.4 Å². The van der Waals surface area contributed by atoms with Crippen LogP contribution in [-0.2, 0) is 22.7 Å². The second kappa shape index (κ2) is 16.2. The van der Waals surface area contributed by atoms with Crippen molar-refractivity contribution in [3.05, 3.63) is 210 Å². The molecule has 2 aromatic heterocycles. The first-order valence-corrected chi connectivity index (χ1v) is 27.7. The maximum atomic E-state index is 7.56. The van der Waals surface area contributed by atoms with Crippen LogP contribution in [0.5, 0.6) is 0 Å². The predicted octanol–water partition coefficient (Wildman–Crippen LogP) is 18.4. The van der Waals surface area contributed by atoms with Crippen molar-refractivity contribution in [2.75, 3.05) is 9.71 Å². The van der Waals surface area contributed by atoms with Gasteiger partial charge >= 0.3 is 6.85 Å². The van der Waals surface area contributed by atoms with E-state index in [-0.39, 0.29) is 23.1 Å². The first-order valence-electron chi connectivity index (χ1n) is 27.7. The number of fused-ring (bicyclic) bond motifs is 14. The number of benzene rings is 9. The summed E-state index contributed by atoms with van der Waals surface area (Å²) < 4.78 is 14.8. The number of hydrogen-bond donors (Lipinski definition) is 0. The van der Waals surface area contributed by atoms with E-state index in [0.717, 1.165) is 86.1 Å². The molecule has 0 amide bonds. The van der Waals surface area contributed by atoms with Crippen molar-refractivity contribution in [2.45, 2.75) is 96.8 Å². The van der Waals surface area contributed by atoms with E-state index >= 15 is 0 Å². The van der Waals surface area contributed by atoms with E-state index in [4.69, 9.17) is 8.83 Å². The van der Waals surface area contributed by atoms with E-state index in [9.17, 15) is 0 Å². The van der Waals surface area contributed by atoms with Gasteiger partial charge in [0, 0.05) is 44.2 Å². The molecule has 76 heavy (non-hydrogen) atoms. The molecular weight excluding hydrogens is 924 g/mol. The Morgan fingerprint density at radius 1 is 0.474 bits per heavy atom. The third-order valence-electron chi connectivity index (χ3n) is 18.3. The van der Waals surface area contributed by atoms with Crippen LogP contribution >= 0.6 is 0 Å². The van der Waals surface area contributed by atoms with Gasteiger partial charge in [0.1, 0.15) is 16.8 Å². The predicted molar refractivity (Wildman–Crippen MR) is 320 cm³/mol. The lowest BCUT2D eigenvalue weighted by Gasteiger charge is -2.44. The van der Waals surface area contributed by atoms with E-state index in [0.29, 0.717) is 0 Å². The summed E-state index contributed by atoms with van der Waals surface area (Å²) in [7, 11) is 0. The highest BCUT2D eigenvalue weighted by atomic mass is 16.3. The number of anilines is 5. The van der Waals surface area contributed by atoms with Crippen molar-refractivity contribution >= 4 is 79.3 Å². The summed E-state index contributed by atoms with van der Waals surface area (Å²) in [5, 5.41) is 3.29. The van der Waals surface area contributed by atoms with Crippen LogP contribution in [0.1, 0.15) is 102 Å². The fourth-order valence-corrected chi connectivity index (χ4v) is 14.0. The number of rotatable bonds is 7. The first-order chi connectivity index (χ1) is 36.9. The van der Waals surface area contributed by atoms with Crippen LogP contribution in [0, 0.1) is 0 Å². The molecule has 4 heterocycles. The van der Waals surface area contributed by atoms with E-state index in [1.165, 1.54) is 90.8 Å². The van der Waals surface area contributed by atoms with Gasteiger partial charge in [0.2, 0.25) is 0 Å². The lowest BCUT2D eigenvalue weighted by molar-refractivity contribution is 0.331. The van der Waals surface area contributed by atoms with Gasteiger partial charge in [-0.15, -0.1) is 0 Å². The molecule has 0 saturated heterocycles. The Morgan fingerprint density at radius 2 is 1.08 bits per heavy atom. The zero-order valence-electron chi connectivity index (χ0n) is 44.6. The van der Waals surface area contributed by atoms with Crippen molar-refractivity contribution in [3.8, 4) is 44.5 Å². The monoisotopic (exact) mass is 984 g/mol. The van der Waals surface area contributed by atoms with Gasteiger partial charge in [0.25, 0.3) is 0 Å². The molecule has 0 unspecified atom stereocenters. The number of aryl methyl sites for hydroxylation is 1.